The molecule has 1 fully saturated rings. The van der Waals surface area contributed by atoms with E-state index in [4.69, 9.17) is 0 Å². The molecule has 0 unspecified atom stereocenters. The van der Waals surface area contributed by atoms with Crippen molar-refractivity contribution in [1.29, 1.82) is 0 Å². The SMILES string of the molecule is CNCC1CCN(Cc2ccccc2C(F)(F)F)CC1.Cl. The third-order valence-electron chi connectivity index (χ3n) is 3.92. The molecule has 0 spiro atoms. The molecule has 0 bridgehead atoms. The minimum Gasteiger partial charge on any atom is -0.319 e. The van der Waals surface area contributed by atoms with Gasteiger partial charge in [-0.2, -0.15) is 13.2 Å². The van der Waals surface area contributed by atoms with E-state index in [0.717, 1.165) is 32.5 Å². The fraction of sp³-hybridized carbons (Fsp3) is 0.600. The van der Waals surface area contributed by atoms with E-state index in [-0.39, 0.29) is 12.4 Å². The zero-order chi connectivity index (χ0) is 14.6. The Labute approximate surface area is 130 Å². The summed E-state index contributed by atoms with van der Waals surface area (Å²) in [7, 11) is 1.94. The van der Waals surface area contributed by atoms with E-state index in [2.05, 4.69) is 10.2 Å². The summed E-state index contributed by atoms with van der Waals surface area (Å²) < 4.78 is 38.8. The Balaban J connectivity index is 0.00000220. The number of alkyl halides is 3. The van der Waals surface area contributed by atoms with Crippen LogP contribution >= 0.6 is 12.4 Å². The van der Waals surface area contributed by atoms with Crippen LogP contribution in [0.3, 0.4) is 0 Å². The summed E-state index contributed by atoms with van der Waals surface area (Å²) in [5, 5.41) is 3.16. The Morgan fingerprint density at radius 1 is 1.19 bits per heavy atom. The number of rotatable bonds is 4. The highest BCUT2D eigenvalue weighted by Crippen LogP contribution is 2.32. The molecule has 0 aromatic heterocycles. The molecule has 6 heteroatoms. The standard InChI is InChI=1S/C15H21F3N2.ClH/c1-19-10-12-6-8-20(9-7-12)11-13-4-2-3-5-14(13)15(16,17)18;/h2-5,12,19H,6-11H2,1H3;1H. The lowest BCUT2D eigenvalue weighted by Crippen LogP contribution is -2.36. The monoisotopic (exact) mass is 322 g/mol. The van der Waals surface area contributed by atoms with Gasteiger partial charge in [-0.3, -0.25) is 4.90 Å². The lowest BCUT2D eigenvalue weighted by molar-refractivity contribution is -0.138. The molecule has 1 aromatic rings. The lowest BCUT2D eigenvalue weighted by atomic mass is 9.96. The van der Waals surface area contributed by atoms with Crippen LogP contribution in [0.15, 0.2) is 24.3 Å². The maximum absolute atomic E-state index is 12.9. The number of hydrogen-bond acceptors (Lipinski definition) is 2. The van der Waals surface area contributed by atoms with Crippen molar-refractivity contribution < 1.29 is 13.2 Å². The topological polar surface area (TPSA) is 15.3 Å². The van der Waals surface area contributed by atoms with Crippen molar-refractivity contribution in [2.24, 2.45) is 5.92 Å². The van der Waals surface area contributed by atoms with Crippen molar-refractivity contribution in [3.05, 3.63) is 35.4 Å². The Hall–Kier alpha value is -0.780. The Kier molecular flexibility index (Phi) is 6.97. The highest BCUT2D eigenvalue weighted by Gasteiger charge is 2.33. The van der Waals surface area contributed by atoms with Crippen LogP contribution in [0.25, 0.3) is 0 Å². The molecule has 2 nitrogen and oxygen atoms in total. The van der Waals surface area contributed by atoms with Gasteiger partial charge >= 0.3 is 6.18 Å². The molecule has 0 amide bonds. The Bertz CT molecular complexity index is 429. The van der Waals surface area contributed by atoms with E-state index in [1.807, 2.05) is 7.05 Å². The average molecular weight is 323 g/mol. The average Bonchev–Trinajstić information content (AvgIpc) is 2.41. The number of nitrogens with one attached hydrogen (secondary N) is 1. The smallest absolute Gasteiger partial charge is 0.319 e. The fourth-order valence-corrected chi connectivity index (χ4v) is 2.81. The first-order chi connectivity index (χ1) is 9.50. The second-order valence-electron chi connectivity index (χ2n) is 5.43. The van der Waals surface area contributed by atoms with Gasteiger partial charge in [0, 0.05) is 6.54 Å². The molecule has 0 radical (unpaired) electrons. The molecule has 2 rings (SSSR count). The Morgan fingerprint density at radius 2 is 1.81 bits per heavy atom. The summed E-state index contributed by atoms with van der Waals surface area (Å²) in [4.78, 5) is 2.12. The van der Waals surface area contributed by atoms with Crippen molar-refractivity contribution in [2.45, 2.75) is 25.6 Å². The van der Waals surface area contributed by atoms with Crippen molar-refractivity contribution in [3.8, 4) is 0 Å². The van der Waals surface area contributed by atoms with Gasteiger partial charge in [0.2, 0.25) is 0 Å². The molecular weight excluding hydrogens is 301 g/mol. The predicted octanol–water partition coefficient (Wildman–Crippen LogP) is 3.56. The van der Waals surface area contributed by atoms with E-state index >= 15 is 0 Å². The lowest BCUT2D eigenvalue weighted by Gasteiger charge is -2.32. The first-order valence-corrected chi connectivity index (χ1v) is 7.02. The fourth-order valence-electron chi connectivity index (χ4n) is 2.81. The largest absolute Gasteiger partial charge is 0.416 e. The van der Waals surface area contributed by atoms with Crippen LogP contribution in [0.4, 0.5) is 13.2 Å². The second-order valence-corrected chi connectivity index (χ2v) is 5.43. The van der Waals surface area contributed by atoms with Crippen LogP contribution in [0.1, 0.15) is 24.0 Å². The number of nitrogens with zero attached hydrogens (tertiary/aromatic N) is 1. The van der Waals surface area contributed by atoms with Crippen LogP contribution in [0.5, 0.6) is 0 Å². The first-order valence-electron chi connectivity index (χ1n) is 7.02. The quantitative estimate of drug-likeness (QED) is 0.912. The second kappa shape index (κ2) is 8.01. The van der Waals surface area contributed by atoms with Crippen molar-refractivity contribution in [1.82, 2.24) is 10.2 Å². The minimum absolute atomic E-state index is 0. The van der Waals surface area contributed by atoms with Crippen LogP contribution in [0, 0.1) is 5.92 Å². The van der Waals surface area contributed by atoms with Gasteiger partial charge < -0.3 is 5.32 Å². The molecule has 1 aliphatic heterocycles. The number of halogens is 4. The zero-order valence-electron chi connectivity index (χ0n) is 12.1. The van der Waals surface area contributed by atoms with E-state index in [1.165, 1.54) is 12.1 Å². The molecule has 1 aliphatic rings. The third-order valence-corrected chi connectivity index (χ3v) is 3.92. The number of hydrogen-bond donors (Lipinski definition) is 1. The summed E-state index contributed by atoms with van der Waals surface area (Å²) >= 11 is 0. The van der Waals surface area contributed by atoms with Crippen LogP contribution < -0.4 is 5.32 Å². The molecule has 0 aliphatic carbocycles. The molecular formula is C15H22ClF3N2. The van der Waals surface area contributed by atoms with E-state index < -0.39 is 11.7 Å². The van der Waals surface area contributed by atoms with Crippen LogP contribution in [-0.2, 0) is 12.7 Å². The van der Waals surface area contributed by atoms with Gasteiger partial charge in [0.05, 0.1) is 5.56 Å². The number of likely N-dealkylation sites (tertiary alicyclic amines) is 1. The zero-order valence-corrected chi connectivity index (χ0v) is 12.9. The normalized spacial score (nSPS) is 17.5. The highest BCUT2D eigenvalue weighted by molar-refractivity contribution is 5.85. The van der Waals surface area contributed by atoms with Crippen molar-refractivity contribution in [2.75, 3.05) is 26.7 Å². The van der Waals surface area contributed by atoms with Gasteiger partial charge in [0.15, 0.2) is 0 Å². The number of benzene rings is 1. The summed E-state index contributed by atoms with van der Waals surface area (Å²) in [6.45, 7) is 3.13. The summed E-state index contributed by atoms with van der Waals surface area (Å²) in [6, 6.07) is 5.88. The van der Waals surface area contributed by atoms with Gasteiger partial charge in [-0.1, -0.05) is 18.2 Å². The van der Waals surface area contributed by atoms with Gasteiger partial charge in [-0.05, 0) is 57.1 Å². The molecule has 21 heavy (non-hydrogen) atoms. The van der Waals surface area contributed by atoms with Crippen molar-refractivity contribution in [3.63, 3.8) is 0 Å². The first kappa shape index (κ1) is 18.3. The Morgan fingerprint density at radius 3 is 2.38 bits per heavy atom. The van der Waals surface area contributed by atoms with Crippen LogP contribution in [-0.4, -0.2) is 31.6 Å². The van der Waals surface area contributed by atoms with Gasteiger partial charge in [0.25, 0.3) is 0 Å². The number of piperidine rings is 1. The molecule has 0 atom stereocenters. The maximum Gasteiger partial charge on any atom is 0.416 e. The predicted molar refractivity (Wildman–Crippen MR) is 80.6 cm³/mol. The molecule has 120 valence electrons. The van der Waals surface area contributed by atoms with Gasteiger partial charge in [-0.25, -0.2) is 0 Å². The van der Waals surface area contributed by atoms with E-state index in [1.54, 1.807) is 12.1 Å². The third kappa shape index (κ3) is 5.16. The van der Waals surface area contributed by atoms with E-state index in [9.17, 15) is 13.2 Å². The molecule has 1 N–H and O–H groups in total. The molecule has 1 heterocycles. The van der Waals surface area contributed by atoms with E-state index in [0.29, 0.717) is 18.0 Å². The van der Waals surface area contributed by atoms with Crippen LogP contribution in [0.2, 0.25) is 0 Å². The minimum atomic E-state index is -4.26. The molecule has 0 saturated carbocycles. The van der Waals surface area contributed by atoms with Gasteiger partial charge in [0.1, 0.15) is 0 Å². The molecule has 1 saturated heterocycles. The van der Waals surface area contributed by atoms with Crippen molar-refractivity contribution >= 4 is 12.4 Å². The summed E-state index contributed by atoms with van der Waals surface area (Å²) in [5.74, 6) is 0.647. The highest BCUT2D eigenvalue weighted by atomic mass is 35.5. The maximum atomic E-state index is 12.9. The van der Waals surface area contributed by atoms with Gasteiger partial charge in [-0.15, -0.1) is 12.4 Å². The summed E-state index contributed by atoms with van der Waals surface area (Å²) in [6.07, 6.45) is -2.16. The molecule has 1 aromatic carbocycles. The summed E-state index contributed by atoms with van der Waals surface area (Å²) in [5.41, 5.74) is -0.121.